The minimum atomic E-state index is -0.289. The molecule has 2 rings (SSSR count). The molecule has 78 valence electrons. The first-order valence-electron chi connectivity index (χ1n) is 5.12. The number of rotatable bonds is 1. The smallest absolute Gasteiger partial charge is 0.336 e. The molecule has 0 atom stereocenters. The van der Waals surface area contributed by atoms with Gasteiger partial charge in [-0.2, -0.15) is 0 Å². The maximum Gasteiger partial charge on any atom is 0.336 e. The molecule has 0 fully saturated rings. The maximum absolute atomic E-state index is 11.1. The summed E-state index contributed by atoms with van der Waals surface area (Å²) in [6, 6.07) is 7.38. The Bertz CT molecular complexity index is 550. The first kappa shape index (κ1) is 9.97. The molecule has 0 saturated heterocycles. The van der Waals surface area contributed by atoms with Gasteiger partial charge in [0.15, 0.2) is 0 Å². The van der Waals surface area contributed by atoms with Crippen molar-refractivity contribution in [2.24, 2.45) is 0 Å². The van der Waals surface area contributed by atoms with Gasteiger partial charge in [-0.15, -0.1) is 0 Å². The lowest BCUT2D eigenvalue weighted by molar-refractivity contribution is 0.560. The highest BCUT2D eigenvalue weighted by Gasteiger charge is 2.05. The van der Waals surface area contributed by atoms with Crippen molar-refractivity contribution >= 4 is 11.0 Å². The number of hydrogen-bond acceptors (Lipinski definition) is 2. The summed E-state index contributed by atoms with van der Waals surface area (Å²) in [7, 11) is 0. The number of hydrogen-bond donors (Lipinski definition) is 0. The van der Waals surface area contributed by atoms with Crippen LogP contribution >= 0.6 is 0 Å². The Morgan fingerprint density at radius 2 is 1.93 bits per heavy atom. The minimum absolute atomic E-state index is 0.289. The standard InChI is InChI=1S/C13H14O2/c1-8(2)10-6-9(3)11-4-5-13(14)15-12(11)7-10/h4-8H,1-3H3. The molecule has 0 amide bonds. The van der Waals surface area contributed by atoms with E-state index in [1.165, 1.54) is 11.6 Å². The van der Waals surface area contributed by atoms with E-state index in [0.717, 1.165) is 10.9 Å². The summed E-state index contributed by atoms with van der Waals surface area (Å²) in [5.74, 6) is 0.443. The van der Waals surface area contributed by atoms with Crippen molar-refractivity contribution in [1.29, 1.82) is 0 Å². The van der Waals surface area contributed by atoms with Gasteiger partial charge >= 0.3 is 5.63 Å². The molecule has 1 aromatic carbocycles. The van der Waals surface area contributed by atoms with Crippen molar-refractivity contribution < 1.29 is 4.42 Å². The Balaban J connectivity index is 2.79. The highest BCUT2D eigenvalue weighted by atomic mass is 16.4. The van der Waals surface area contributed by atoms with Gasteiger partial charge in [-0.25, -0.2) is 4.79 Å². The molecule has 1 aromatic heterocycles. The fraction of sp³-hybridized carbons (Fsp3) is 0.308. The second-order valence-electron chi connectivity index (χ2n) is 4.16. The number of aryl methyl sites for hydroxylation is 1. The largest absolute Gasteiger partial charge is 0.423 e. The number of benzene rings is 1. The molecule has 0 aliphatic heterocycles. The predicted molar refractivity (Wildman–Crippen MR) is 61.3 cm³/mol. The van der Waals surface area contributed by atoms with Crippen LogP contribution in [0.4, 0.5) is 0 Å². The average Bonchev–Trinajstić information content (AvgIpc) is 2.16. The van der Waals surface area contributed by atoms with Crippen molar-refractivity contribution in [2.75, 3.05) is 0 Å². The zero-order valence-corrected chi connectivity index (χ0v) is 9.20. The zero-order chi connectivity index (χ0) is 11.0. The van der Waals surface area contributed by atoms with Gasteiger partial charge in [0.1, 0.15) is 5.58 Å². The fourth-order valence-electron chi connectivity index (χ4n) is 1.72. The van der Waals surface area contributed by atoms with Crippen LogP contribution in [0.15, 0.2) is 33.5 Å². The molecular formula is C13H14O2. The normalized spacial score (nSPS) is 11.2. The molecule has 2 heteroatoms. The van der Waals surface area contributed by atoms with Crippen LogP contribution in [0, 0.1) is 6.92 Å². The third kappa shape index (κ3) is 1.80. The molecule has 2 aromatic rings. The molecule has 0 unspecified atom stereocenters. The van der Waals surface area contributed by atoms with Crippen LogP contribution in [0.25, 0.3) is 11.0 Å². The van der Waals surface area contributed by atoms with E-state index in [4.69, 9.17) is 4.42 Å². The van der Waals surface area contributed by atoms with Gasteiger partial charge in [0.25, 0.3) is 0 Å². The fourth-order valence-corrected chi connectivity index (χ4v) is 1.72. The van der Waals surface area contributed by atoms with Crippen LogP contribution in [0.2, 0.25) is 0 Å². The van der Waals surface area contributed by atoms with Crippen molar-refractivity contribution in [1.82, 2.24) is 0 Å². The van der Waals surface area contributed by atoms with Crippen LogP contribution in [0.5, 0.6) is 0 Å². The highest BCUT2D eigenvalue weighted by molar-refractivity contribution is 5.80. The van der Waals surface area contributed by atoms with E-state index in [2.05, 4.69) is 19.9 Å². The van der Waals surface area contributed by atoms with E-state index in [1.54, 1.807) is 0 Å². The van der Waals surface area contributed by atoms with E-state index >= 15 is 0 Å². The van der Waals surface area contributed by atoms with E-state index in [1.807, 2.05) is 19.1 Å². The zero-order valence-electron chi connectivity index (χ0n) is 9.20. The molecule has 0 spiro atoms. The molecule has 15 heavy (non-hydrogen) atoms. The minimum Gasteiger partial charge on any atom is -0.423 e. The van der Waals surface area contributed by atoms with Crippen molar-refractivity contribution in [2.45, 2.75) is 26.7 Å². The molecule has 0 saturated carbocycles. The maximum atomic E-state index is 11.1. The van der Waals surface area contributed by atoms with Gasteiger partial charge in [-0.05, 0) is 36.1 Å². The molecule has 0 aliphatic carbocycles. The third-order valence-electron chi connectivity index (χ3n) is 2.63. The Morgan fingerprint density at radius 3 is 2.60 bits per heavy atom. The Kier molecular flexibility index (Phi) is 2.35. The van der Waals surface area contributed by atoms with Gasteiger partial charge in [0.05, 0.1) is 0 Å². The lowest BCUT2D eigenvalue weighted by Crippen LogP contribution is -1.97. The van der Waals surface area contributed by atoms with Crippen LogP contribution in [-0.2, 0) is 0 Å². The van der Waals surface area contributed by atoms with Crippen molar-refractivity contribution in [3.63, 3.8) is 0 Å². The highest BCUT2D eigenvalue weighted by Crippen LogP contribution is 2.23. The third-order valence-corrected chi connectivity index (χ3v) is 2.63. The first-order valence-corrected chi connectivity index (χ1v) is 5.12. The molecular weight excluding hydrogens is 188 g/mol. The van der Waals surface area contributed by atoms with Gasteiger partial charge in [-0.3, -0.25) is 0 Å². The van der Waals surface area contributed by atoms with E-state index in [9.17, 15) is 4.79 Å². The Morgan fingerprint density at radius 1 is 1.20 bits per heavy atom. The molecule has 0 aliphatic rings. The molecule has 0 radical (unpaired) electrons. The SMILES string of the molecule is Cc1cc(C(C)C)cc2oc(=O)ccc12. The lowest BCUT2D eigenvalue weighted by Gasteiger charge is -2.08. The van der Waals surface area contributed by atoms with Gasteiger partial charge in [-0.1, -0.05) is 19.9 Å². The lowest BCUT2D eigenvalue weighted by atomic mass is 9.99. The molecule has 2 nitrogen and oxygen atoms in total. The van der Waals surface area contributed by atoms with Crippen LogP contribution in [0.3, 0.4) is 0 Å². The van der Waals surface area contributed by atoms with Crippen molar-refractivity contribution in [3.05, 3.63) is 45.8 Å². The van der Waals surface area contributed by atoms with Crippen LogP contribution in [0.1, 0.15) is 30.9 Å². The predicted octanol–water partition coefficient (Wildman–Crippen LogP) is 3.22. The summed E-state index contributed by atoms with van der Waals surface area (Å²) in [6.45, 7) is 6.29. The van der Waals surface area contributed by atoms with Crippen molar-refractivity contribution in [3.8, 4) is 0 Å². The van der Waals surface area contributed by atoms with E-state index in [-0.39, 0.29) is 5.63 Å². The summed E-state index contributed by atoms with van der Waals surface area (Å²) >= 11 is 0. The topological polar surface area (TPSA) is 30.2 Å². The molecule has 0 bridgehead atoms. The van der Waals surface area contributed by atoms with Gasteiger partial charge in [0.2, 0.25) is 0 Å². The van der Waals surface area contributed by atoms with E-state index in [0.29, 0.717) is 11.5 Å². The first-order chi connectivity index (χ1) is 7.08. The summed E-state index contributed by atoms with van der Waals surface area (Å²) in [5, 5.41) is 1.01. The summed E-state index contributed by atoms with van der Waals surface area (Å²) in [4.78, 5) is 11.1. The van der Waals surface area contributed by atoms with E-state index < -0.39 is 0 Å². The molecule has 1 heterocycles. The average molecular weight is 202 g/mol. The molecule has 0 N–H and O–H groups in total. The Hall–Kier alpha value is -1.57. The van der Waals surface area contributed by atoms with Gasteiger partial charge in [0, 0.05) is 11.5 Å². The number of fused-ring (bicyclic) bond motifs is 1. The second-order valence-corrected chi connectivity index (χ2v) is 4.16. The summed E-state index contributed by atoms with van der Waals surface area (Å²) in [5.41, 5.74) is 2.75. The van der Waals surface area contributed by atoms with Gasteiger partial charge < -0.3 is 4.42 Å². The van der Waals surface area contributed by atoms with Crippen LogP contribution < -0.4 is 5.63 Å². The summed E-state index contributed by atoms with van der Waals surface area (Å²) in [6.07, 6.45) is 0. The Labute approximate surface area is 88.5 Å². The quantitative estimate of drug-likeness (QED) is 0.664. The summed E-state index contributed by atoms with van der Waals surface area (Å²) < 4.78 is 5.18. The second kappa shape index (κ2) is 3.54. The monoisotopic (exact) mass is 202 g/mol. The van der Waals surface area contributed by atoms with Crippen LogP contribution in [-0.4, -0.2) is 0 Å².